The van der Waals surface area contributed by atoms with E-state index in [9.17, 15) is 0 Å². The van der Waals surface area contributed by atoms with Gasteiger partial charge in [0.25, 0.3) is 0 Å². The molecular formula is C5H5N5S. The van der Waals surface area contributed by atoms with Crippen LogP contribution in [0.25, 0.3) is 11.2 Å². The van der Waals surface area contributed by atoms with Gasteiger partial charge >= 0.3 is 0 Å². The molecule has 2 aromatic heterocycles. The van der Waals surface area contributed by atoms with Crippen LogP contribution in [0.2, 0.25) is 0 Å². The zero-order chi connectivity index (χ0) is 7.84. The second-order valence-corrected chi connectivity index (χ2v) is 2.44. The van der Waals surface area contributed by atoms with Crippen LogP contribution in [0.4, 0.5) is 5.95 Å². The summed E-state index contributed by atoms with van der Waals surface area (Å²) in [7, 11) is 0. The van der Waals surface area contributed by atoms with Gasteiger partial charge in [-0.3, -0.25) is 0 Å². The lowest BCUT2D eigenvalue weighted by atomic mass is 10.7. The molecule has 0 aliphatic rings. The third-order valence-corrected chi connectivity index (χ3v) is 1.62. The quantitative estimate of drug-likeness (QED) is 0.507. The minimum Gasteiger partial charge on any atom is -0.369 e. The highest BCUT2D eigenvalue weighted by Crippen LogP contribution is 2.06. The number of rotatable bonds is 0. The first-order valence-corrected chi connectivity index (χ1v) is 3.37. The van der Waals surface area contributed by atoms with Crippen LogP contribution in [0.1, 0.15) is 0 Å². The lowest BCUT2D eigenvalue weighted by molar-refractivity contribution is 1.20. The Balaban J connectivity index is 3.02. The monoisotopic (exact) mass is 171 g/mol. The van der Waals surface area contributed by atoms with Crippen LogP contribution in [0, 0.1) is 4.64 Å². The Morgan fingerprint density at radius 3 is 3.18 bits per heavy atom. The number of H-pyrrole nitrogens is 2. The smallest absolute Gasteiger partial charge is 0.200 e. The minimum absolute atomic E-state index is 0.287. The highest BCUT2D eigenvalue weighted by molar-refractivity contribution is 7.71. The van der Waals surface area contributed by atoms with Crippen LogP contribution in [0.15, 0.2) is 6.33 Å². The minimum atomic E-state index is 0.287. The summed E-state index contributed by atoms with van der Waals surface area (Å²) in [6.45, 7) is 0. The number of aromatic amines is 2. The summed E-state index contributed by atoms with van der Waals surface area (Å²) in [5.74, 6) is 0.287. The fourth-order valence-corrected chi connectivity index (χ4v) is 1.12. The molecule has 2 rings (SSSR count). The van der Waals surface area contributed by atoms with Crippen LogP contribution >= 0.6 is 12.2 Å². The third-order valence-electron chi connectivity index (χ3n) is 1.32. The van der Waals surface area contributed by atoms with Crippen molar-refractivity contribution in [1.82, 2.24) is 19.9 Å². The summed E-state index contributed by atoms with van der Waals surface area (Å²) in [4.78, 5) is 13.4. The van der Waals surface area contributed by atoms with Crippen molar-refractivity contribution in [2.24, 2.45) is 0 Å². The first kappa shape index (κ1) is 6.29. The first-order chi connectivity index (χ1) is 5.27. The molecule has 11 heavy (non-hydrogen) atoms. The molecule has 0 saturated heterocycles. The van der Waals surface area contributed by atoms with Crippen molar-refractivity contribution in [1.29, 1.82) is 0 Å². The number of aromatic nitrogens is 4. The molecule has 2 heterocycles. The van der Waals surface area contributed by atoms with Crippen molar-refractivity contribution in [3.05, 3.63) is 11.0 Å². The van der Waals surface area contributed by atoms with E-state index in [0.29, 0.717) is 15.8 Å². The van der Waals surface area contributed by atoms with Gasteiger partial charge in [-0.25, -0.2) is 9.97 Å². The summed E-state index contributed by atoms with van der Waals surface area (Å²) in [6.07, 6.45) is 1.54. The van der Waals surface area contributed by atoms with E-state index in [0.717, 1.165) is 0 Å². The fourth-order valence-electron chi connectivity index (χ4n) is 0.867. The van der Waals surface area contributed by atoms with E-state index in [1.165, 1.54) is 6.33 Å². The van der Waals surface area contributed by atoms with Gasteiger partial charge in [-0.1, -0.05) is 12.2 Å². The van der Waals surface area contributed by atoms with Gasteiger partial charge in [-0.15, -0.1) is 0 Å². The second-order valence-electron chi connectivity index (χ2n) is 2.05. The van der Waals surface area contributed by atoms with E-state index in [4.69, 9.17) is 18.0 Å². The van der Waals surface area contributed by atoms with E-state index in [-0.39, 0.29) is 5.95 Å². The second kappa shape index (κ2) is 2.03. The van der Waals surface area contributed by atoms with E-state index < -0.39 is 0 Å². The zero-order valence-electron chi connectivity index (χ0n) is 5.46. The molecule has 0 radical (unpaired) electrons. The summed E-state index contributed by atoms with van der Waals surface area (Å²) in [5.41, 5.74) is 6.75. The van der Waals surface area contributed by atoms with Crippen molar-refractivity contribution >= 4 is 29.3 Å². The number of hydrogen-bond acceptors (Lipinski definition) is 4. The average molecular weight is 171 g/mol. The Labute approximate surface area is 66.7 Å². The number of nitrogens with two attached hydrogens (primary N) is 1. The molecule has 4 N–H and O–H groups in total. The number of nitrogen functional groups attached to an aromatic ring is 1. The fraction of sp³-hybridized carbons (Fsp3) is 0. The molecule has 0 aromatic carbocycles. The Bertz CT molecular complexity index is 441. The molecule has 0 aliphatic heterocycles. The van der Waals surface area contributed by atoms with Gasteiger partial charge in [0.15, 0.2) is 10.3 Å². The van der Waals surface area contributed by atoms with E-state index in [2.05, 4.69) is 19.9 Å². The maximum atomic E-state index is 5.40. The summed E-state index contributed by atoms with van der Waals surface area (Å²) >= 11 is 4.91. The van der Waals surface area contributed by atoms with Gasteiger partial charge in [-0.2, -0.15) is 0 Å². The largest absolute Gasteiger partial charge is 0.369 e. The predicted molar refractivity (Wildman–Crippen MR) is 43.5 cm³/mol. The molecule has 0 aliphatic carbocycles. The predicted octanol–water partition coefficient (Wildman–Crippen LogP) is 0.598. The van der Waals surface area contributed by atoms with Crippen molar-refractivity contribution in [2.75, 3.05) is 5.73 Å². The van der Waals surface area contributed by atoms with E-state index in [1.54, 1.807) is 0 Å². The molecule has 5 nitrogen and oxygen atoms in total. The molecular weight excluding hydrogens is 166 g/mol. The lowest BCUT2D eigenvalue weighted by Gasteiger charge is -1.91. The Morgan fingerprint density at radius 1 is 1.55 bits per heavy atom. The van der Waals surface area contributed by atoms with Gasteiger partial charge < -0.3 is 15.7 Å². The molecule has 0 fully saturated rings. The van der Waals surface area contributed by atoms with Gasteiger partial charge in [0.2, 0.25) is 5.95 Å². The van der Waals surface area contributed by atoms with Crippen molar-refractivity contribution in [3.8, 4) is 0 Å². The van der Waals surface area contributed by atoms with Crippen LogP contribution in [-0.2, 0) is 0 Å². The first-order valence-electron chi connectivity index (χ1n) is 2.96. The normalized spacial score (nSPS) is 10.5. The third kappa shape index (κ3) is 0.874. The molecule has 56 valence electrons. The zero-order valence-corrected chi connectivity index (χ0v) is 6.27. The van der Waals surface area contributed by atoms with Crippen molar-refractivity contribution < 1.29 is 0 Å². The molecule has 0 atom stereocenters. The van der Waals surface area contributed by atoms with Gasteiger partial charge in [-0.05, 0) is 0 Å². The molecule has 0 bridgehead atoms. The van der Waals surface area contributed by atoms with Crippen LogP contribution in [0.3, 0.4) is 0 Å². The van der Waals surface area contributed by atoms with E-state index >= 15 is 0 Å². The van der Waals surface area contributed by atoms with Gasteiger partial charge in [0.05, 0.1) is 6.33 Å². The Hall–Kier alpha value is -1.43. The number of hydrogen-bond donors (Lipinski definition) is 3. The average Bonchev–Trinajstić information content (AvgIpc) is 2.34. The van der Waals surface area contributed by atoms with Gasteiger partial charge in [0.1, 0.15) is 5.52 Å². The SMILES string of the molecule is Nc1nc(=S)c2[15nH][13cH][15n][13c]2[nH]1. The van der Waals surface area contributed by atoms with Crippen LogP contribution in [0.5, 0.6) is 0 Å². The van der Waals surface area contributed by atoms with E-state index in [1.807, 2.05) is 0 Å². The summed E-state index contributed by atoms with van der Waals surface area (Å²) < 4.78 is 0.439. The molecule has 2 aromatic rings. The molecule has 0 amide bonds. The number of nitrogens with zero attached hydrogens (tertiary/aromatic N) is 2. The van der Waals surface area contributed by atoms with Crippen LogP contribution < -0.4 is 5.73 Å². The standard InChI is InChI=1S/C5H5N5S/c6-5-9-3-2(4(11)10-5)7-1-8-3/h1H,(H4,6,7,8,9,10,11)/i1+1,3+1,7+1,8+1. The summed E-state index contributed by atoms with van der Waals surface area (Å²) in [5, 5.41) is 0. The topological polar surface area (TPSA) is 83.4 Å². The molecule has 0 unspecified atom stereocenters. The van der Waals surface area contributed by atoms with Crippen molar-refractivity contribution in [3.63, 3.8) is 0 Å². The number of anilines is 1. The van der Waals surface area contributed by atoms with Crippen LogP contribution in [-0.4, -0.2) is 19.9 Å². The number of imidazole rings is 1. The molecule has 0 saturated carbocycles. The Kier molecular flexibility index (Phi) is 1.16. The maximum absolute atomic E-state index is 5.40. The molecule has 6 heteroatoms. The maximum Gasteiger partial charge on any atom is 0.200 e. The number of nitrogens with one attached hydrogen (secondary N) is 2. The Morgan fingerprint density at radius 2 is 2.36 bits per heavy atom. The highest BCUT2D eigenvalue weighted by Gasteiger charge is 1.98. The molecule has 0 spiro atoms. The van der Waals surface area contributed by atoms with Crippen molar-refractivity contribution in [2.45, 2.75) is 0 Å². The highest BCUT2D eigenvalue weighted by atomic mass is 32.1. The number of fused-ring (bicyclic) bond motifs is 1. The van der Waals surface area contributed by atoms with Gasteiger partial charge in [0, 0.05) is 0 Å². The lowest BCUT2D eigenvalue weighted by Crippen LogP contribution is -1.94. The summed E-state index contributed by atoms with van der Waals surface area (Å²) in [6, 6.07) is 0.